The van der Waals surface area contributed by atoms with E-state index in [4.69, 9.17) is 14.4 Å². The molecule has 1 aliphatic heterocycles. The average Bonchev–Trinajstić information content (AvgIpc) is 4.04. The molecule has 2 unspecified atom stereocenters. The van der Waals surface area contributed by atoms with Crippen molar-refractivity contribution in [1.82, 2.24) is 4.57 Å². The van der Waals surface area contributed by atoms with Crippen molar-refractivity contribution in [3.05, 3.63) is 211 Å². The number of para-hydroxylation sites is 1. The van der Waals surface area contributed by atoms with Crippen LogP contribution in [0.3, 0.4) is 0 Å². The molecule has 312 valence electrons. The highest BCUT2D eigenvalue weighted by Gasteiger charge is 2.26. The average molecular weight is 864 g/mol. The van der Waals surface area contributed by atoms with Crippen LogP contribution in [0, 0.1) is 5.92 Å². The Bertz CT molecular complexity index is 4210. The number of thiophene rings is 1. The lowest BCUT2D eigenvalue weighted by Crippen LogP contribution is -2.18. The molecule has 4 nitrogen and oxygen atoms in total. The Morgan fingerprint density at radius 3 is 2.00 bits per heavy atom. The summed E-state index contributed by atoms with van der Waals surface area (Å²) in [4.78, 5) is 11.4. The maximum atomic E-state index is 6.47. The van der Waals surface area contributed by atoms with Crippen LogP contribution in [-0.2, 0) is 0 Å². The summed E-state index contributed by atoms with van der Waals surface area (Å²) in [6.45, 7) is 2.35. The molecule has 0 bridgehead atoms. The standard InChI is InChI=1S/C61H41N3OS/c1-36-23-30-52(62-61(63-57(36)39-15-3-2-4-16-39)42-26-27-47-46-21-11-12-22-55(46)65-56(47)35-42)43-32-51-49-29-25-38-14-8-10-20-45(38)59(49)66-60(51)54(34-43)64-53-33-41-18-6-5-17-40(41)31-50(53)48-28-24-37-13-7-9-19-44(37)58(48)64/h2-22,24-29,31-36,57H,23,30H2,1H3/b62-52+,63-61-. The lowest BCUT2D eigenvalue weighted by atomic mass is 9.88. The second-order valence-electron chi connectivity index (χ2n) is 18.1. The molecule has 3 aromatic heterocycles. The van der Waals surface area contributed by atoms with Crippen LogP contribution in [-0.4, -0.2) is 16.1 Å². The maximum Gasteiger partial charge on any atom is 0.155 e. The Balaban J connectivity index is 1.08. The molecule has 2 atom stereocenters. The van der Waals surface area contributed by atoms with Gasteiger partial charge < -0.3 is 8.98 Å². The predicted octanol–water partition coefficient (Wildman–Crippen LogP) is 16.9. The minimum atomic E-state index is -0.0503. The van der Waals surface area contributed by atoms with Gasteiger partial charge in [-0.1, -0.05) is 159 Å². The molecule has 0 N–H and O–H groups in total. The van der Waals surface area contributed by atoms with E-state index in [-0.39, 0.29) is 12.0 Å². The molecule has 0 aliphatic carbocycles. The van der Waals surface area contributed by atoms with E-state index >= 15 is 0 Å². The number of aliphatic imine (C=N–C) groups is 2. The smallest absolute Gasteiger partial charge is 0.155 e. The third-order valence-corrected chi connectivity index (χ3v) is 15.5. The van der Waals surface area contributed by atoms with Crippen LogP contribution in [0.15, 0.2) is 209 Å². The molecule has 0 radical (unpaired) electrons. The van der Waals surface area contributed by atoms with E-state index < -0.39 is 0 Å². The van der Waals surface area contributed by atoms with Crippen LogP contribution in [0.25, 0.3) is 102 Å². The molecular weight excluding hydrogens is 823 g/mol. The predicted molar refractivity (Wildman–Crippen MR) is 281 cm³/mol. The van der Waals surface area contributed by atoms with Crippen molar-refractivity contribution in [2.75, 3.05) is 0 Å². The lowest BCUT2D eigenvalue weighted by molar-refractivity contribution is 0.446. The first-order chi connectivity index (χ1) is 32.6. The molecule has 66 heavy (non-hydrogen) atoms. The molecule has 10 aromatic carbocycles. The van der Waals surface area contributed by atoms with Gasteiger partial charge in [-0.15, -0.1) is 11.3 Å². The van der Waals surface area contributed by atoms with E-state index in [9.17, 15) is 0 Å². The zero-order valence-corrected chi connectivity index (χ0v) is 37.0. The highest BCUT2D eigenvalue weighted by molar-refractivity contribution is 7.27. The number of hydrogen-bond acceptors (Lipinski definition) is 4. The van der Waals surface area contributed by atoms with Crippen molar-refractivity contribution in [1.29, 1.82) is 0 Å². The normalized spacial score (nSPS) is 17.6. The van der Waals surface area contributed by atoms with E-state index in [0.717, 1.165) is 57.5 Å². The van der Waals surface area contributed by atoms with Gasteiger partial charge in [0.25, 0.3) is 0 Å². The number of aromatic nitrogens is 1. The molecule has 0 amide bonds. The van der Waals surface area contributed by atoms with Crippen molar-refractivity contribution in [3.63, 3.8) is 0 Å². The van der Waals surface area contributed by atoms with Crippen LogP contribution >= 0.6 is 11.3 Å². The van der Waals surface area contributed by atoms with E-state index in [1.54, 1.807) is 0 Å². The third kappa shape index (κ3) is 5.76. The highest BCUT2D eigenvalue weighted by Crippen LogP contribution is 2.46. The van der Waals surface area contributed by atoms with Gasteiger partial charge in [0, 0.05) is 48.0 Å². The van der Waals surface area contributed by atoms with Gasteiger partial charge in [-0.05, 0) is 99.3 Å². The third-order valence-electron chi connectivity index (χ3n) is 14.2. The first-order valence-corrected chi connectivity index (χ1v) is 23.8. The molecule has 14 rings (SSSR count). The van der Waals surface area contributed by atoms with Crippen LogP contribution in [0.4, 0.5) is 0 Å². The second kappa shape index (κ2) is 14.6. The number of amidine groups is 1. The van der Waals surface area contributed by atoms with Gasteiger partial charge in [-0.25, -0.2) is 4.99 Å². The number of furan rings is 1. The highest BCUT2D eigenvalue weighted by atomic mass is 32.1. The van der Waals surface area contributed by atoms with Crippen LogP contribution in [0.2, 0.25) is 0 Å². The van der Waals surface area contributed by atoms with Gasteiger partial charge >= 0.3 is 0 Å². The van der Waals surface area contributed by atoms with Gasteiger partial charge in [0.05, 0.1) is 33.2 Å². The zero-order chi connectivity index (χ0) is 43.5. The van der Waals surface area contributed by atoms with Crippen LogP contribution in [0.5, 0.6) is 0 Å². The summed E-state index contributed by atoms with van der Waals surface area (Å²) in [7, 11) is 0. The van der Waals surface area contributed by atoms with Crippen molar-refractivity contribution in [2.24, 2.45) is 15.9 Å². The van der Waals surface area contributed by atoms with E-state index in [1.807, 2.05) is 23.5 Å². The number of benzene rings is 10. The molecule has 13 aromatic rings. The number of fused-ring (bicyclic) bond motifs is 14. The Morgan fingerprint density at radius 2 is 1.17 bits per heavy atom. The zero-order valence-electron chi connectivity index (χ0n) is 36.2. The SMILES string of the molecule is CC1CC/C(c2cc(-n3c4cc5ccccc5cc4c4ccc5ccccc5c43)c3sc4c5ccccc5ccc4c3c2)=N\C(c2ccc3c(c2)oc2ccccc23)=N/C1c1ccccc1. The summed E-state index contributed by atoms with van der Waals surface area (Å²) in [5.41, 5.74) is 9.61. The van der Waals surface area contributed by atoms with Crippen molar-refractivity contribution < 1.29 is 4.42 Å². The summed E-state index contributed by atoms with van der Waals surface area (Å²) in [6.07, 6.45) is 1.74. The summed E-state index contributed by atoms with van der Waals surface area (Å²) in [6, 6.07) is 70.8. The molecule has 0 spiro atoms. The van der Waals surface area contributed by atoms with E-state index in [2.05, 4.69) is 193 Å². The van der Waals surface area contributed by atoms with Crippen LogP contribution in [0.1, 0.15) is 42.5 Å². The Labute approximate surface area is 384 Å². The fourth-order valence-corrected chi connectivity index (χ4v) is 12.2. The quantitative estimate of drug-likeness (QED) is 0.174. The minimum Gasteiger partial charge on any atom is -0.456 e. The molecule has 0 saturated carbocycles. The van der Waals surface area contributed by atoms with Gasteiger partial charge in [-0.3, -0.25) is 4.99 Å². The van der Waals surface area contributed by atoms with Gasteiger partial charge in [-0.2, -0.15) is 0 Å². The summed E-state index contributed by atoms with van der Waals surface area (Å²) in [5, 5.41) is 14.7. The fraction of sp³-hybridized carbons (Fsp3) is 0.0820. The van der Waals surface area contributed by atoms with Crippen molar-refractivity contribution in [2.45, 2.75) is 25.8 Å². The maximum absolute atomic E-state index is 6.47. The molecule has 0 saturated heterocycles. The molecule has 1 aliphatic rings. The molecular formula is C61H41N3OS. The molecule has 0 fully saturated rings. The summed E-state index contributed by atoms with van der Waals surface area (Å²) < 4.78 is 11.6. The Morgan fingerprint density at radius 1 is 0.500 bits per heavy atom. The van der Waals surface area contributed by atoms with E-state index in [1.165, 1.54) is 85.5 Å². The molecule has 4 heterocycles. The van der Waals surface area contributed by atoms with Crippen molar-refractivity contribution >= 4 is 119 Å². The van der Waals surface area contributed by atoms with Gasteiger partial charge in [0.1, 0.15) is 11.2 Å². The summed E-state index contributed by atoms with van der Waals surface area (Å²) in [5.74, 6) is 0.987. The first kappa shape index (κ1) is 37.5. The topological polar surface area (TPSA) is 42.8 Å². The minimum absolute atomic E-state index is 0.0503. The number of rotatable bonds is 4. The fourth-order valence-electron chi connectivity index (χ4n) is 10.9. The van der Waals surface area contributed by atoms with E-state index in [0.29, 0.717) is 0 Å². The largest absolute Gasteiger partial charge is 0.456 e. The first-order valence-electron chi connectivity index (χ1n) is 23.0. The van der Waals surface area contributed by atoms with Crippen LogP contribution < -0.4 is 0 Å². The number of nitrogens with zero attached hydrogens (tertiary/aromatic N) is 3. The van der Waals surface area contributed by atoms with Gasteiger partial charge in [0.2, 0.25) is 0 Å². The summed E-state index contributed by atoms with van der Waals surface area (Å²) >= 11 is 1.91. The second-order valence-corrected chi connectivity index (χ2v) is 19.1. The monoisotopic (exact) mass is 863 g/mol. The molecule has 5 heteroatoms. The lowest BCUT2D eigenvalue weighted by Gasteiger charge is -2.25. The Hall–Kier alpha value is -7.86. The Kier molecular flexibility index (Phi) is 8.29. The number of hydrogen-bond donors (Lipinski definition) is 0. The van der Waals surface area contributed by atoms with Gasteiger partial charge in [0.15, 0.2) is 5.84 Å². The van der Waals surface area contributed by atoms with Crippen molar-refractivity contribution in [3.8, 4) is 5.69 Å².